The molecule has 1 aromatic carbocycles. The minimum atomic E-state index is -0.534. The van der Waals surface area contributed by atoms with E-state index >= 15 is 0 Å². The minimum Gasteiger partial charge on any atom is -0.506 e. The van der Waals surface area contributed by atoms with Crippen LogP contribution in [0.4, 0.5) is 5.69 Å². The quantitative estimate of drug-likeness (QED) is 0.784. The van der Waals surface area contributed by atoms with Crippen LogP contribution in [0.25, 0.3) is 0 Å². The lowest BCUT2D eigenvalue weighted by Gasteiger charge is -2.44. The third-order valence-electron chi connectivity index (χ3n) is 4.19. The van der Waals surface area contributed by atoms with Crippen molar-refractivity contribution in [2.24, 2.45) is 16.2 Å². The number of aromatic hydroxyl groups is 1. The maximum atomic E-state index is 12.9. The highest BCUT2D eigenvalue weighted by Crippen LogP contribution is 2.47. The summed E-state index contributed by atoms with van der Waals surface area (Å²) in [6.07, 6.45) is 0.767. The van der Waals surface area contributed by atoms with E-state index in [1.807, 2.05) is 6.92 Å². The van der Waals surface area contributed by atoms with Crippen LogP contribution >= 0.6 is 0 Å². The predicted molar refractivity (Wildman–Crippen MR) is 88.4 cm³/mol. The molecule has 0 aliphatic carbocycles. The lowest BCUT2D eigenvalue weighted by Crippen LogP contribution is -2.46. The number of hydrogen-bond acceptors (Lipinski definition) is 2. The molecule has 0 bridgehead atoms. The normalized spacial score (nSPS) is 15.4. The smallest absolute Gasteiger partial charge is 0.230 e. The highest BCUT2D eigenvalue weighted by atomic mass is 16.3. The molecule has 1 atom stereocenters. The molecule has 0 saturated carbocycles. The highest BCUT2D eigenvalue weighted by Gasteiger charge is 2.46. The first-order valence-electron chi connectivity index (χ1n) is 7.46. The number of benzene rings is 1. The Morgan fingerprint density at radius 3 is 2.00 bits per heavy atom. The molecule has 21 heavy (non-hydrogen) atoms. The lowest BCUT2D eigenvalue weighted by atomic mass is 9.61. The van der Waals surface area contributed by atoms with Crippen LogP contribution in [-0.2, 0) is 4.79 Å². The molecular formula is C18H29NO2. The van der Waals surface area contributed by atoms with Gasteiger partial charge >= 0.3 is 0 Å². The summed E-state index contributed by atoms with van der Waals surface area (Å²) >= 11 is 0. The number of carbonyl (C=O) groups is 1. The van der Waals surface area contributed by atoms with Gasteiger partial charge in [0.15, 0.2) is 0 Å². The second kappa shape index (κ2) is 5.70. The summed E-state index contributed by atoms with van der Waals surface area (Å²) in [5.41, 5.74) is -0.215. The first kappa shape index (κ1) is 17.5. The van der Waals surface area contributed by atoms with Gasteiger partial charge in [-0.15, -0.1) is 0 Å². The van der Waals surface area contributed by atoms with Crippen molar-refractivity contribution in [3.05, 3.63) is 24.3 Å². The van der Waals surface area contributed by atoms with E-state index in [1.54, 1.807) is 24.3 Å². The zero-order valence-electron chi connectivity index (χ0n) is 14.4. The number of carbonyl (C=O) groups excluding carboxylic acids is 1. The molecule has 0 spiro atoms. The second-order valence-corrected chi connectivity index (χ2v) is 8.29. The Hall–Kier alpha value is -1.51. The largest absolute Gasteiger partial charge is 0.506 e. The van der Waals surface area contributed by atoms with Gasteiger partial charge in [-0.1, -0.05) is 60.6 Å². The zero-order chi connectivity index (χ0) is 16.5. The first-order valence-corrected chi connectivity index (χ1v) is 7.46. The summed E-state index contributed by atoms with van der Waals surface area (Å²) in [7, 11) is 0. The van der Waals surface area contributed by atoms with E-state index in [4.69, 9.17) is 0 Å². The van der Waals surface area contributed by atoms with Crippen LogP contribution in [0.5, 0.6) is 5.75 Å². The van der Waals surface area contributed by atoms with Gasteiger partial charge < -0.3 is 10.4 Å². The molecule has 0 radical (unpaired) electrons. The van der Waals surface area contributed by atoms with E-state index < -0.39 is 5.41 Å². The maximum Gasteiger partial charge on any atom is 0.230 e. The van der Waals surface area contributed by atoms with Crippen molar-refractivity contribution in [2.45, 2.75) is 54.9 Å². The Labute approximate surface area is 128 Å². The van der Waals surface area contributed by atoms with E-state index in [2.05, 4.69) is 46.9 Å². The number of hydrogen-bond donors (Lipinski definition) is 2. The Bertz CT molecular complexity index is 509. The van der Waals surface area contributed by atoms with Crippen molar-refractivity contribution >= 4 is 11.6 Å². The number of phenols is 1. The summed E-state index contributed by atoms with van der Waals surface area (Å²) in [5.74, 6) is 0.0456. The summed E-state index contributed by atoms with van der Waals surface area (Å²) < 4.78 is 0. The molecule has 0 fully saturated rings. The molecule has 1 rings (SSSR count). The molecule has 1 unspecified atom stereocenters. The van der Waals surface area contributed by atoms with E-state index in [0.29, 0.717) is 5.69 Å². The van der Waals surface area contributed by atoms with Gasteiger partial charge in [0, 0.05) is 0 Å². The number of amides is 1. The molecule has 3 heteroatoms. The second-order valence-electron chi connectivity index (χ2n) is 8.29. The molecule has 0 saturated heterocycles. The minimum absolute atomic E-state index is 0.0398. The molecule has 1 amide bonds. The fourth-order valence-corrected chi connectivity index (χ4v) is 2.59. The average Bonchev–Trinajstić information content (AvgIpc) is 2.28. The SMILES string of the molecule is CC(C)(C)CC(C)(C(=O)Nc1ccccc1O)C(C)(C)C. The van der Waals surface area contributed by atoms with Crippen LogP contribution < -0.4 is 5.32 Å². The van der Waals surface area contributed by atoms with Crippen molar-refractivity contribution in [1.82, 2.24) is 0 Å². The van der Waals surface area contributed by atoms with Gasteiger partial charge in [0.1, 0.15) is 5.75 Å². The van der Waals surface area contributed by atoms with Crippen LogP contribution in [0.2, 0.25) is 0 Å². The fourth-order valence-electron chi connectivity index (χ4n) is 2.59. The van der Waals surface area contributed by atoms with Gasteiger partial charge in [0.05, 0.1) is 11.1 Å². The Balaban J connectivity index is 3.11. The first-order chi connectivity index (χ1) is 9.37. The van der Waals surface area contributed by atoms with Gasteiger partial charge in [0.25, 0.3) is 0 Å². The van der Waals surface area contributed by atoms with Gasteiger partial charge in [-0.2, -0.15) is 0 Å². The van der Waals surface area contributed by atoms with Crippen LogP contribution in [0.15, 0.2) is 24.3 Å². The third-order valence-corrected chi connectivity index (χ3v) is 4.19. The van der Waals surface area contributed by atoms with Crippen molar-refractivity contribution in [2.75, 3.05) is 5.32 Å². The van der Waals surface area contributed by atoms with E-state index in [9.17, 15) is 9.90 Å². The topological polar surface area (TPSA) is 49.3 Å². The monoisotopic (exact) mass is 291 g/mol. The fraction of sp³-hybridized carbons (Fsp3) is 0.611. The van der Waals surface area contributed by atoms with E-state index in [-0.39, 0.29) is 22.5 Å². The van der Waals surface area contributed by atoms with Gasteiger partial charge in [0.2, 0.25) is 5.91 Å². The molecule has 3 nitrogen and oxygen atoms in total. The maximum absolute atomic E-state index is 12.9. The summed E-state index contributed by atoms with van der Waals surface area (Å²) in [4.78, 5) is 12.9. The Kier molecular flexibility index (Phi) is 4.76. The number of nitrogens with one attached hydrogen (secondary N) is 1. The van der Waals surface area contributed by atoms with E-state index in [0.717, 1.165) is 6.42 Å². The Morgan fingerprint density at radius 2 is 1.57 bits per heavy atom. The van der Waals surface area contributed by atoms with Gasteiger partial charge in [-0.25, -0.2) is 0 Å². The number of para-hydroxylation sites is 2. The van der Waals surface area contributed by atoms with Crippen LogP contribution in [0, 0.1) is 16.2 Å². The van der Waals surface area contributed by atoms with Crippen molar-refractivity contribution in [3.63, 3.8) is 0 Å². The Morgan fingerprint density at radius 1 is 1.05 bits per heavy atom. The molecule has 0 aliphatic heterocycles. The molecule has 0 aliphatic rings. The molecule has 0 aromatic heterocycles. The van der Waals surface area contributed by atoms with Crippen LogP contribution in [-0.4, -0.2) is 11.0 Å². The van der Waals surface area contributed by atoms with Gasteiger partial charge in [-0.05, 0) is 29.4 Å². The van der Waals surface area contributed by atoms with Crippen molar-refractivity contribution in [3.8, 4) is 5.75 Å². The van der Waals surface area contributed by atoms with Crippen molar-refractivity contribution < 1.29 is 9.90 Å². The van der Waals surface area contributed by atoms with Crippen LogP contribution in [0.1, 0.15) is 54.9 Å². The molecule has 2 N–H and O–H groups in total. The number of rotatable bonds is 3. The molecule has 118 valence electrons. The summed E-state index contributed by atoms with van der Waals surface area (Å²) in [5, 5.41) is 12.7. The average molecular weight is 291 g/mol. The summed E-state index contributed by atoms with van der Waals surface area (Å²) in [6.45, 7) is 14.7. The summed E-state index contributed by atoms with van der Waals surface area (Å²) in [6, 6.07) is 6.83. The molecular weight excluding hydrogens is 262 g/mol. The molecule has 0 heterocycles. The number of anilines is 1. The number of phenolic OH excluding ortho intramolecular Hbond substituents is 1. The zero-order valence-corrected chi connectivity index (χ0v) is 14.4. The lowest BCUT2D eigenvalue weighted by molar-refractivity contribution is -0.133. The van der Waals surface area contributed by atoms with Crippen LogP contribution in [0.3, 0.4) is 0 Å². The van der Waals surface area contributed by atoms with E-state index in [1.165, 1.54) is 0 Å². The highest BCUT2D eigenvalue weighted by molar-refractivity contribution is 5.96. The standard InChI is InChI=1S/C18H29NO2/c1-16(2,3)12-18(7,17(4,5)6)15(21)19-13-10-8-9-11-14(13)20/h8-11,20H,12H2,1-7H3,(H,19,21). The van der Waals surface area contributed by atoms with Gasteiger partial charge in [-0.3, -0.25) is 4.79 Å². The predicted octanol–water partition coefficient (Wildman–Crippen LogP) is 4.82. The molecule has 1 aromatic rings. The third kappa shape index (κ3) is 4.23. The van der Waals surface area contributed by atoms with Crippen molar-refractivity contribution in [1.29, 1.82) is 0 Å².